The van der Waals surface area contributed by atoms with Crippen LogP contribution >= 0.6 is 0 Å². The Morgan fingerprint density at radius 3 is 2.27 bits per heavy atom. The lowest BCUT2D eigenvalue weighted by Crippen LogP contribution is -2.36. The third-order valence-corrected chi connectivity index (χ3v) is 2.03. The van der Waals surface area contributed by atoms with Gasteiger partial charge in [0.15, 0.2) is 0 Å². The number of alkyl halides is 3. The molecule has 0 atom stereocenters. The molecule has 0 heterocycles. The van der Waals surface area contributed by atoms with Crippen molar-refractivity contribution in [2.75, 3.05) is 0 Å². The summed E-state index contributed by atoms with van der Waals surface area (Å²) in [7, 11) is -6.01. The summed E-state index contributed by atoms with van der Waals surface area (Å²) in [5.74, 6) is -1.29. The minimum absolute atomic E-state index is 0.214. The lowest BCUT2D eigenvalue weighted by atomic mass is 10.3. The van der Waals surface area contributed by atoms with Crippen molar-refractivity contribution in [3.8, 4) is 0 Å². The summed E-state index contributed by atoms with van der Waals surface area (Å²) in [5.41, 5.74) is -5.69. The van der Waals surface area contributed by atoms with Crippen LogP contribution in [0.3, 0.4) is 0 Å². The van der Waals surface area contributed by atoms with Gasteiger partial charge >= 0.3 is 15.6 Å². The van der Waals surface area contributed by atoms with Gasteiger partial charge in [0.05, 0.1) is 0 Å². The summed E-state index contributed by atoms with van der Waals surface area (Å²) in [6, 6.07) is 0. The predicted octanol–water partition coefficient (Wildman–Crippen LogP) is 0.786. The monoisotopic (exact) mass is 251 g/mol. The maximum atomic E-state index is 11.7. The van der Waals surface area contributed by atoms with E-state index >= 15 is 0 Å². The van der Waals surface area contributed by atoms with Gasteiger partial charge in [-0.25, -0.2) is 0 Å². The highest BCUT2D eigenvalue weighted by Gasteiger charge is 2.49. The topological polar surface area (TPSA) is 83.9 Å². The van der Waals surface area contributed by atoms with Gasteiger partial charge in [-0.15, -0.1) is 4.28 Å². The van der Waals surface area contributed by atoms with Gasteiger partial charge in [0.2, 0.25) is 0 Å². The van der Waals surface area contributed by atoms with Gasteiger partial charge in [-0.2, -0.15) is 21.6 Å². The fraction of sp³-hybridized carbons (Fsp3) is 0.800. The molecule has 0 aromatic carbocycles. The average molecular weight is 251 g/mol. The zero-order chi connectivity index (χ0) is 12.3. The molecule has 0 spiro atoms. The van der Waals surface area contributed by atoms with Crippen LogP contribution in [0.1, 0.15) is 19.8 Å². The van der Waals surface area contributed by atoms with Crippen LogP contribution in [-0.2, 0) is 19.2 Å². The van der Waals surface area contributed by atoms with Gasteiger partial charge in [-0.3, -0.25) is 10.0 Å². The molecule has 0 aliphatic carbocycles. The van der Waals surface area contributed by atoms with E-state index in [4.69, 9.17) is 5.21 Å². The highest BCUT2D eigenvalue weighted by Crippen LogP contribution is 2.25. The van der Waals surface area contributed by atoms with Gasteiger partial charge in [-0.1, -0.05) is 12.2 Å². The number of amides is 1. The molecule has 10 heteroatoms. The van der Waals surface area contributed by atoms with E-state index in [1.807, 2.05) is 0 Å². The molecule has 90 valence electrons. The second kappa shape index (κ2) is 4.77. The van der Waals surface area contributed by atoms with Gasteiger partial charge < -0.3 is 0 Å². The third kappa shape index (κ3) is 4.01. The Morgan fingerprint density at radius 2 is 1.93 bits per heavy atom. The number of nitrogens with zero attached hydrogens (tertiary/aromatic N) is 1. The van der Waals surface area contributed by atoms with Crippen molar-refractivity contribution in [2.45, 2.75) is 25.3 Å². The standard InChI is InChI=1S/C5H8F3NO5S/c1-2-3-4(10)9(11)14-15(12,13)5(6,7)8/h11H,2-3H2,1H3. The predicted molar refractivity (Wildman–Crippen MR) is 39.6 cm³/mol. The summed E-state index contributed by atoms with van der Waals surface area (Å²) in [5, 5.41) is 7.59. The maximum Gasteiger partial charge on any atom is 0.525 e. The molecule has 15 heavy (non-hydrogen) atoms. The normalized spacial score (nSPS) is 12.6. The Kier molecular flexibility index (Phi) is 4.49. The SMILES string of the molecule is CCCC(=O)N(O)OS(=O)(=O)C(F)(F)F. The molecule has 1 amide bonds. The first-order chi connectivity index (χ1) is 6.62. The lowest BCUT2D eigenvalue weighted by molar-refractivity contribution is -0.267. The Morgan fingerprint density at radius 1 is 1.47 bits per heavy atom. The minimum atomic E-state index is -6.01. The van der Waals surface area contributed by atoms with E-state index in [2.05, 4.69) is 4.28 Å². The van der Waals surface area contributed by atoms with Gasteiger partial charge in [0, 0.05) is 6.42 Å². The maximum absolute atomic E-state index is 11.7. The van der Waals surface area contributed by atoms with E-state index in [-0.39, 0.29) is 12.8 Å². The van der Waals surface area contributed by atoms with Crippen LogP contribution in [0.5, 0.6) is 0 Å². The van der Waals surface area contributed by atoms with Crippen LogP contribution in [0, 0.1) is 0 Å². The van der Waals surface area contributed by atoms with Crippen LogP contribution in [0.2, 0.25) is 0 Å². The molecule has 0 unspecified atom stereocenters. The summed E-state index contributed by atoms with van der Waals surface area (Å²) >= 11 is 0. The summed E-state index contributed by atoms with van der Waals surface area (Å²) in [4.78, 5) is 10.7. The fourth-order valence-corrected chi connectivity index (χ4v) is 0.840. The van der Waals surface area contributed by atoms with E-state index in [1.54, 1.807) is 0 Å². The summed E-state index contributed by atoms with van der Waals surface area (Å²) in [6.45, 7) is 1.50. The van der Waals surface area contributed by atoms with E-state index in [9.17, 15) is 26.4 Å². The number of hydrogen-bond acceptors (Lipinski definition) is 5. The molecule has 0 aromatic rings. The van der Waals surface area contributed by atoms with Crippen LogP contribution in [0.25, 0.3) is 0 Å². The minimum Gasteiger partial charge on any atom is -0.270 e. The summed E-state index contributed by atoms with van der Waals surface area (Å²) in [6.07, 6.45) is -0.130. The number of carbonyl (C=O) groups excluding carboxylic acids is 1. The third-order valence-electron chi connectivity index (χ3n) is 1.13. The number of rotatable bonds is 4. The molecule has 0 aliphatic heterocycles. The van der Waals surface area contributed by atoms with Gasteiger partial charge in [0.25, 0.3) is 5.91 Å². The number of hydrogen-bond donors (Lipinski definition) is 1. The van der Waals surface area contributed by atoms with E-state index in [1.165, 1.54) is 6.92 Å². The Hall–Kier alpha value is -0.870. The van der Waals surface area contributed by atoms with Crippen molar-refractivity contribution in [3.63, 3.8) is 0 Å². The zero-order valence-electron chi connectivity index (χ0n) is 7.48. The largest absolute Gasteiger partial charge is 0.525 e. The number of carbonyl (C=O) groups is 1. The molecule has 0 bridgehead atoms. The molecular formula is C5H8F3NO5S. The van der Waals surface area contributed by atoms with E-state index in [0.29, 0.717) is 0 Å². The second-order valence-corrected chi connectivity index (χ2v) is 3.91. The quantitative estimate of drug-likeness (QED) is 0.453. The Balaban J connectivity index is 4.56. The van der Waals surface area contributed by atoms with Crippen LogP contribution in [0.15, 0.2) is 0 Å². The first-order valence-electron chi connectivity index (χ1n) is 3.64. The van der Waals surface area contributed by atoms with Crippen molar-refractivity contribution in [2.24, 2.45) is 0 Å². The summed E-state index contributed by atoms with van der Waals surface area (Å²) < 4.78 is 58.7. The molecule has 0 radical (unpaired) electrons. The number of halogens is 3. The van der Waals surface area contributed by atoms with E-state index < -0.39 is 26.8 Å². The zero-order valence-corrected chi connectivity index (χ0v) is 8.30. The fourth-order valence-electron chi connectivity index (χ4n) is 0.486. The smallest absolute Gasteiger partial charge is 0.270 e. The molecule has 0 aliphatic rings. The molecular weight excluding hydrogens is 243 g/mol. The molecule has 0 fully saturated rings. The highest BCUT2D eigenvalue weighted by molar-refractivity contribution is 7.87. The second-order valence-electron chi connectivity index (χ2n) is 2.39. The van der Waals surface area contributed by atoms with Crippen molar-refractivity contribution in [1.82, 2.24) is 5.23 Å². The molecule has 0 saturated carbocycles. The highest BCUT2D eigenvalue weighted by atomic mass is 32.2. The van der Waals surface area contributed by atoms with Crippen LogP contribution in [0.4, 0.5) is 13.2 Å². The van der Waals surface area contributed by atoms with Crippen molar-refractivity contribution < 1.29 is 35.9 Å². The lowest BCUT2D eigenvalue weighted by Gasteiger charge is -2.14. The van der Waals surface area contributed by atoms with Crippen LogP contribution in [-0.4, -0.2) is 30.3 Å². The van der Waals surface area contributed by atoms with Gasteiger partial charge in [-0.05, 0) is 6.42 Å². The molecule has 0 aromatic heterocycles. The first-order valence-corrected chi connectivity index (χ1v) is 5.05. The first kappa shape index (κ1) is 14.1. The molecule has 1 N–H and O–H groups in total. The van der Waals surface area contributed by atoms with Crippen molar-refractivity contribution >= 4 is 16.0 Å². The average Bonchev–Trinajstić information content (AvgIpc) is 2.01. The van der Waals surface area contributed by atoms with Crippen molar-refractivity contribution in [3.05, 3.63) is 0 Å². The van der Waals surface area contributed by atoms with Crippen molar-refractivity contribution in [1.29, 1.82) is 0 Å². The van der Waals surface area contributed by atoms with Gasteiger partial charge in [0.1, 0.15) is 0 Å². The Bertz CT molecular complexity index is 324. The Labute approximate surface area is 83.3 Å². The van der Waals surface area contributed by atoms with E-state index in [0.717, 1.165) is 0 Å². The molecule has 0 rings (SSSR count). The van der Waals surface area contributed by atoms with Crippen LogP contribution < -0.4 is 0 Å². The number of hydroxylamine groups is 2. The molecule has 0 saturated heterocycles. The molecule has 6 nitrogen and oxygen atoms in total.